The second-order valence-corrected chi connectivity index (χ2v) is 4.94. The van der Waals surface area contributed by atoms with E-state index < -0.39 is 0 Å². The maximum absolute atomic E-state index is 11.7. The molecular weight excluding hydrogens is 244 g/mol. The summed E-state index contributed by atoms with van der Waals surface area (Å²) >= 11 is 1.58. The van der Waals surface area contributed by atoms with Gasteiger partial charge in [-0.2, -0.15) is 0 Å². The van der Waals surface area contributed by atoms with Crippen molar-refractivity contribution in [1.29, 1.82) is 0 Å². The molecule has 18 heavy (non-hydrogen) atoms. The Morgan fingerprint density at radius 1 is 1.06 bits per heavy atom. The van der Waals surface area contributed by atoms with Gasteiger partial charge in [0.05, 0.1) is 12.7 Å². The predicted octanol–water partition coefficient (Wildman–Crippen LogP) is 3.93. The van der Waals surface area contributed by atoms with E-state index in [0.29, 0.717) is 5.56 Å². The molecule has 0 unspecified atom stereocenters. The molecule has 0 aliphatic rings. The molecule has 0 spiro atoms. The van der Waals surface area contributed by atoms with Crippen LogP contribution in [0.4, 0.5) is 0 Å². The second-order valence-electron chi connectivity index (χ2n) is 3.86. The number of carbonyl (C=O) groups excluding carboxylic acids is 1. The zero-order valence-corrected chi connectivity index (χ0v) is 11.2. The first kappa shape index (κ1) is 12.7. The lowest BCUT2D eigenvalue weighted by atomic mass is 10.1. The summed E-state index contributed by atoms with van der Waals surface area (Å²) in [6.07, 6.45) is 0. The molecular formula is C15H14O2S. The van der Waals surface area contributed by atoms with E-state index in [2.05, 4.69) is 0 Å². The normalized spacial score (nSPS) is 10.1. The largest absolute Gasteiger partial charge is 0.465 e. The number of aryl methyl sites for hydroxylation is 1. The van der Waals surface area contributed by atoms with Gasteiger partial charge in [0.1, 0.15) is 0 Å². The van der Waals surface area contributed by atoms with Crippen molar-refractivity contribution < 1.29 is 9.53 Å². The van der Waals surface area contributed by atoms with Crippen molar-refractivity contribution in [1.82, 2.24) is 0 Å². The van der Waals surface area contributed by atoms with E-state index in [0.717, 1.165) is 15.4 Å². The summed E-state index contributed by atoms with van der Waals surface area (Å²) in [4.78, 5) is 13.8. The molecule has 0 aliphatic carbocycles. The number of hydrogen-bond donors (Lipinski definition) is 0. The summed E-state index contributed by atoms with van der Waals surface area (Å²) in [6.45, 7) is 2.00. The molecule has 0 aliphatic heterocycles. The Bertz CT molecular complexity index is 550. The molecule has 0 N–H and O–H groups in total. The van der Waals surface area contributed by atoms with Crippen LogP contribution in [0.15, 0.2) is 58.3 Å². The fraction of sp³-hybridized carbons (Fsp3) is 0.133. The molecule has 0 bridgehead atoms. The van der Waals surface area contributed by atoms with Crippen LogP contribution >= 0.6 is 11.8 Å². The van der Waals surface area contributed by atoms with Crippen molar-refractivity contribution in [3.8, 4) is 0 Å². The molecule has 2 aromatic carbocycles. The Hall–Kier alpha value is -1.74. The highest BCUT2D eigenvalue weighted by molar-refractivity contribution is 7.99. The number of ether oxygens (including phenoxy) is 1. The van der Waals surface area contributed by atoms with Gasteiger partial charge in [0.15, 0.2) is 0 Å². The first-order chi connectivity index (χ1) is 8.72. The highest BCUT2D eigenvalue weighted by Crippen LogP contribution is 2.33. The molecule has 3 heteroatoms. The average molecular weight is 258 g/mol. The van der Waals surface area contributed by atoms with Gasteiger partial charge in [-0.15, -0.1) is 0 Å². The van der Waals surface area contributed by atoms with Crippen LogP contribution in [0, 0.1) is 6.92 Å². The molecule has 0 radical (unpaired) electrons. The molecule has 92 valence electrons. The lowest BCUT2D eigenvalue weighted by Crippen LogP contribution is -2.03. The summed E-state index contributed by atoms with van der Waals surface area (Å²) < 4.78 is 4.82. The van der Waals surface area contributed by atoms with Crippen molar-refractivity contribution in [2.75, 3.05) is 7.11 Å². The van der Waals surface area contributed by atoms with Gasteiger partial charge in [-0.05, 0) is 30.7 Å². The first-order valence-electron chi connectivity index (χ1n) is 5.63. The first-order valence-corrected chi connectivity index (χ1v) is 6.45. The summed E-state index contributed by atoms with van der Waals surface area (Å²) in [5.74, 6) is -0.294. The van der Waals surface area contributed by atoms with E-state index in [1.807, 2.05) is 49.4 Å². The smallest absolute Gasteiger partial charge is 0.339 e. The SMILES string of the molecule is COC(=O)c1cccc(C)c1Sc1ccccc1. The number of hydrogen-bond acceptors (Lipinski definition) is 3. The van der Waals surface area contributed by atoms with E-state index in [9.17, 15) is 4.79 Å². The molecule has 2 aromatic rings. The van der Waals surface area contributed by atoms with Gasteiger partial charge in [-0.25, -0.2) is 4.79 Å². The molecule has 0 fully saturated rings. The molecule has 0 heterocycles. The molecule has 0 atom stereocenters. The number of carbonyl (C=O) groups is 1. The van der Waals surface area contributed by atoms with Crippen molar-refractivity contribution in [3.05, 3.63) is 59.7 Å². The quantitative estimate of drug-likeness (QED) is 0.780. The molecule has 0 saturated heterocycles. The van der Waals surface area contributed by atoms with E-state index in [-0.39, 0.29) is 5.97 Å². The highest BCUT2D eigenvalue weighted by Gasteiger charge is 2.14. The van der Waals surface area contributed by atoms with E-state index >= 15 is 0 Å². The minimum absolute atomic E-state index is 0.294. The topological polar surface area (TPSA) is 26.3 Å². The van der Waals surface area contributed by atoms with Crippen LogP contribution < -0.4 is 0 Å². The third-order valence-electron chi connectivity index (χ3n) is 2.58. The van der Waals surface area contributed by atoms with Crippen LogP contribution in [0.25, 0.3) is 0 Å². The van der Waals surface area contributed by atoms with Gasteiger partial charge in [0, 0.05) is 9.79 Å². The lowest BCUT2D eigenvalue weighted by Gasteiger charge is -2.10. The van der Waals surface area contributed by atoms with Gasteiger partial charge in [-0.1, -0.05) is 42.1 Å². The van der Waals surface area contributed by atoms with Crippen LogP contribution in [-0.2, 0) is 4.74 Å². The number of methoxy groups -OCH3 is 1. The molecule has 2 nitrogen and oxygen atoms in total. The Balaban J connectivity index is 2.40. The maximum atomic E-state index is 11.7. The third-order valence-corrected chi connectivity index (χ3v) is 3.83. The number of esters is 1. The second kappa shape index (κ2) is 5.74. The number of rotatable bonds is 3. The van der Waals surface area contributed by atoms with E-state index in [1.165, 1.54) is 7.11 Å². The number of benzene rings is 2. The maximum Gasteiger partial charge on any atom is 0.339 e. The fourth-order valence-electron chi connectivity index (χ4n) is 1.67. The van der Waals surface area contributed by atoms with Crippen molar-refractivity contribution in [2.45, 2.75) is 16.7 Å². The van der Waals surface area contributed by atoms with Crippen molar-refractivity contribution >= 4 is 17.7 Å². The minimum atomic E-state index is -0.294. The van der Waals surface area contributed by atoms with Gasteiger partial charge in [0.2, 0.25) is 0 Å². The summed E-state index contributed by atoms with van der Waals surface area (Å²) in [6, 6.07) is 15.7. The Labute approximate surface area is 111 Å². The molecule has 0 saturated carbocycles. The van der Waals surface area contributed by atoms with Gasteiger partial charge in [0.25, 0.3) is 0 Å². The van der Waals surface area contributed by atoms with Crippen LogP contribution in [-0.4, -0.2) is 13.1 Å². The average Bonchev–Trinajstić information content (AvgIpc) is 2.41. The third kappa shape index (κ3) is 2.74. The molecule has 0 amide bonds. The van der Waals surface area contributed by atoms with Crippen LogP contribution in [0.5, 0.6) is 0 Å². The molecule has 0 aromatic heterocycles. The lowest BCUT2D eigenvalue weighted by molar-refractivity contribution is 0.0596. The monoisotopic (exact) mass is 258 g/mol. The van der Waals surface area contributed by atoms with Gasteiger partial charge in [-0.3, -0.25) is 0 Å². The van der Waals surface area contributed by atoms with Crippen molar-refractivity contribution in [3.63, 3.8) is 0 Å². The predicted molar refractivity (Wildman–Crippen MR) is 73.1 cm³/mol. The fourth-order valence-corrected chi connectivity index (χ4v) is 2.68. The standard InChI is InChI=1S/C15H14O2S/c1-11-7-6-10-13(15(16)17-2)14(11)18-12-8-4-3-5-9-12/h3-10H,1-2H3. The zero-order chi connectivity index (χ0) is 13.0. The minimum Gasteiger partial charge on any atom is -0.465 e. The van der Waals surface area contributed by atoms with E-state index in [1.54, 1.807) is 17.8 Å². The van der Waals surface area contributed by atoms with Crippen LogP contribution in [0.2, 0.25) is 0 Å². The van der Waals surface area contributed by atoms with Crippen molar-refractivity contribution in [2.24, 2.45) is 0 Å². The Kier molecular flexibility index (Phi) is 4.05. The van der Waals surface area contributed by atoms with Crippen LogP contribution in [0.1, 0.15) is 15.9 Å². The molecule has 2 rings (SSSR count). The van der Waals surface area contributed by atoms with E-state index in [4.69, 9.17) is 4.74 Å². The highest BCUT2D eigenvalue weighted by atomic mass is 32.2. The van der Waals surface area contributed by atoms with Crippen LogP contribution in [0.3, 0.4) is 0 Å². The summed E-state index contributed by atoms with van der Waals surface area (Å²) in [7, 11) is 1.40. The van der Waals surface area contributed by atoms with Gasteiger partial charge < -0.3 is 4.74 Å². The Morgan fingerprint density at radius 3 is 2.44 bits per heavy atom. The zero-order valence-electron chi connectivity index (χ0n) is 10.3. The van der Waals surface area contributed by atoms with Gasteiger partial charge >= 0.3 is 5.97 Å². The Morgan fingerprint density at radius 2 is 1.78 bits per heavy atom. The summed E-state index contributed by atoms with van der Waals surface area (Å²) in [5.41, 5.74) is 1.69. The summed E-state index contributed by atoms with van der Waals surface area (Å²) in [5, 5.41) is 0.